The SMILES string of the molecule is C[C@@H](OC(=O)Nc1ccc(-c2c(N)c3ccc(-c4ccccn4)cc3n2C2CCC2)cc1Cl)C(F)(F)F. The van der Waals surface area contributed by atoms with Crippen LogP contribution in [0.2, 0.25) is 5.02 Å². The predicted octanol–water partition coefficient (Wildman–Crippen LogP) is 7.83. The Morgan fingerprint density at radius 3 is 2.54 bits per heavy atom. The van der Waals surface area contributed by atoms with Crippen molar-refractivity contribution < 1.29 is 22.7 Å². The number of pyridine rings is 1. The first-order valence-corrected chi connectivity index (χ1v) is 12.2. The molecule has 0 spiro atoms. The topological polar surface area (TPSA) is 82.2 Å². The van der Waals surface area contributed by atoms with Gasteiger partial charge in [-0.1, -0.05) is 35.9 Å². The molecule has 2 heterocycles. The largest absolute Gasteiger partial charge is 0.437 e. The van der Waals surface area contributed by atoms with Gasteiger partial charge in [0.1, 0.15) is 0 Å². The molecule has 1 aliphatic carbocycles. The van der Waals surface area contributed by atoms with E-state index in [9.17, 15) is 18.0 Å². The number of carbonyl (C=O) groups is 1. The molecule has 1 fully saturated rings. The molecule has 3 N–H and O–H groups in total. The molecule has 2 aromatic carbocycles. The Kier molecular flexibility index (Phi) is 6.49. The second-order valence-electron chi connectivity index (χ2n) is 9.07. The lowest BCUT2D eigenvalue weighted by Crippen LogP contribution is -2.32. The highest BCUT2D eigenvalue weighted by Crippen LogP contribution is 2.45. The molecule has 0 bridgehead atoms. The van der Waals surface area contributed by atoms with Gasteiger partial charge in [-0.2, -0.15) is 13.2 Å². The molecule has 6 nitrogen and oxygen atoms in total. The number of aromatic nitrogens is 2. The highest BCUT2D eigenvalue weighted by Gasteiger charge is 2.39. The number of halogens is 4. The van der Waals surface area contributed by atoms with Crippen LogP contribution in [-0.2, 0) is 4.74 Å². The van der Waals surface area contributed by atoms with Crippen molar-refractivity contribution >= 4 is 40.0 Å². The number of anilines is 2. The quantitative estimate of drug-likeness (QED) is 0.276. The summed E-state index contributed by atoms with van der Waals surface area (Å²) >= 11 is 6.44. The van der Waals surface area contributed by atoms with Crippen molar-refractivity contribution in [2.75, 3.05) is 11.1 Å². The normalized spacial score (nSPS) is 14.8. The molecule has 1 saturated carbocycles. The molecule has 1 amide bonds. The number of amides is 1. The van der Waals surface area contributed by atoms with Crippen molar-refractivity contribution in [3.8, 4) is 22.5 Å². The molecule has 0 radical (unpaired) electrons. The molecule has 37 heavy (non-hydrogen) atoms. The minimum atomic E-state index is -4.66. The van der Waals surface area contributed by atoms with Crippen LogP contribution in [0.1, 0.15) is 32.2 Å². The Labute approximate surface area is 216 Å². The number of nitrogens with zero attached hydrogens (tertiary/aromatic N) is 2. The monoisotopic (exact) mass is 528 g/mol. The van der Waals surface area contributed by atoms with Gasteiger partial charge >= 0.3 is 12.3 Å². The van der Waals surface area contributed by atoms with Crippen LogP contribution in [0.4, 0.5) is 29.3 Å². The van der Waals surface area contributed by atoms with Crippen LogP contribution in [0.25, 0.3) is 33.4 Å². The summed E-state index contributed by atoms with van der Waals surface area (Å²) in [5, 5.41) is 3.33. The van der Waals surface area contributed by atoms with Gasteiger partial charge in [-0.3, -0.25) is 10.3 Å². The van der Waals surface area contributed by atoms with E-state index in [0.717, 1.165) is 59.6 Å². The lowest BCUT2D eigenvalue weighted by atomic mass is 9.92. The fraction of sp³-hybridized carbons (Fsp3) is 0.259. The van der Waals surface area contributed by atoms with E-state index in [2.05, 4.69) is 25.7 Å². The fourth-order valence-corrected chi connectivity index (χ4v) is 4.71. The van der Waals surface area contributed by atoms with Crippen molar-refractivity contribution in [2.45, 2.75) is 44.5 Å². The summed E-state index contributed by atoms with van der Waals surface area (Å²) in [5.41, 5.74) is 11.8. The standard InChI is InChI=1S/C27H24ClF3N4O2/c1-15(27(29,30)31)37-26(36)34-22-11-9-17(13-20(22)28)25-24(32)19-10-8-16(21-7-2-3-12-33-21)14-23(19)35(25)18-5-4-6-18/h2-3,7-15,18H,4-6,32H2,1H3,(H,34,36)/t15-/m1/s1. The van der Waals surface area contributed by atoms with Crippen molar-refractivity contribution in [2.24, 2.45) is 0 Å². The van der Waals surface area contributed by atoms with Crippen LogP contribution in [0, 0.1) is 0 Å². The highest BCUT2D eigenvalue weighted by molar-refractivity contribution is 6.34. The van der Waals surface area contributed by atoms with Gasteiger partial charge in [-0.05, 0) is 56.5 Å². The number of hydrogen-bond donors (Lipinski definition) is 2. The minimum absolute atomic E-state index is 0.132. The molecule has 2 aromatic heterocycles. The number of ether oxygens (including phenoxy) is 1. The predicted molar refractivity (Wildman–Crippen MR) is 139 cm³/mol. The maximum atomic E-state index is 12.7. The second kappa shape index (κ2) is 9.63. The highest BCUT2D eigenvalue weighted by atomic mass is 35.5. The molecule has 1 aliphatic rings. The smallest absolute Gasteiger partial charge is 0.425 e. The maximum Gasteiger partial charge on any atom is 0.425 e. The Hall–Kier alpha value is -3.72. The van der Waals surface area contributed by atoms with E-state index in [4.69, 9.17) is 17.3 Å². The Morgan fingerprint density at radius 2 is 1.92 bits per heavy atom. The number of carbonyl (C=O) groups excluding carboxylic acids is 1. The number of alkyl halides is 3. The molecular weight excluding hydrogens is 505 g/mol. The third kappa shape index (κ3) is 4.83. The number of rotatable bonds is 5. The van der Waals surface area contributed by atoms with Crippen molar-refractivity contribution in [1.82, 2.24) is 9.55 Å². The summed E-state index contributed by atoms with van der Waals surface area (Å²) in [5.74, 6) is 0. The maximum absolute atomic E-state index is 12.7. The van der Waals surface area contributed by atoms with Crippen molar-refractivity contribution in [1.29, 1.82) is 0 Å². The Balaban J connectivity index is 1.52. The summed E-state index contributed by atoms with van der Waals surface area (Å²) in [4.78, 5) is 16.4. The van der Waals surface area contributed by atoms with E-state index in [-0.39, 0.29) is 16.8 Å². The molecule has 0 unspecified atom stereocenters. The molecule has 4 aromatic rings. The van der Waals surface area contributed by atoms with E-state index in [1.165, 1.54) is 6.07 Å². The number of nitrogen functional groups attached to an aromatic ring is 1. The first kappa shape index (κ1) is 25.0. The zero-order valence-corrected chi connectivity index (χ0v) is 20.6. The van der Waals surface area contributed by atoms with Gasteiger partial charge in [-0.25, -0.2) is 4.79 Å². The number of benzene rings is 2. The van der Waals surface area contributed by atoms with Crippen LogP contribution < -0.4 is 11.1 Å². The van der Waals surface area contributed by atoms with Gasteiger partial charge in [0.2, 0.25) is 0 Å². The van der Waals surface area contributed by atoms with Gasteiger partial charge in [0.05, 0.1) is 33.3 Å². The minimum Gasteiger partial charge on any atom is -0.437 e. The first-order chi connectivity index (χ1) is 17.6. The zero-order valence-electron chi connectivity index (χ0n) is 19.8. The van der Waals surface area contributed by atoms with E-state index in [0.29, 0.717) is 5.69 Å². The number of hydrogen-bond acceptors (Lipinski definition) is 4. The number of fused-ring (bicyclic) bond motifs is 1. The molecular formula is C27H24ClF3N4O2. The molecule has 0 aliphatic heterocycles. The Bertz CT molecular complexity index is 1470. The first-order valence-electron chi connectivity index (χ1n) is 11.8. The lowest BCUT2D eigenvalue weighted by molar-refractivity contribution is -0.196. The summed E-state index contributed by atoms with van der Waals surface area (Å²) in [6.07, 6.45) is -3.26. The fourth-order valence-electron chi connectivity index (χ4n) is 4.48. The van der Waals surface area contributed by atoms with E-state index < -0.39 is 18.4 Å². The van der Waals surface area contributed by atoms with Gasteiger partial charge < -0.3 is 15.0 Å². The van der Waals surface area contributed by atoms with Crippen LogP contribution in [0.5, 0.6) is 0 Å². The summed E-state index contributed by atoms with van der Waals surface area (Å²) in [6.45, 7) is 0.756. The van der Waals surface area contributed by atoms with Gasteiger partial charge in [-0.15, -0.1) is 0 Å². The van der Waals surface area contributed by atoms with Gasteiger partial charge in [0.15, 0.2) is 6.10 Å². The molecule has 192 valence electrons. The third-order valence-corrected chi connectivity index (χ3v) is 6.98. The number of nitrogens with one attached hydrogen (secondary N) is 1. The summed E-state index contributed by atoms with van der Waals surface area (Å²) < 4.78 is 44.8. The molecule has 5 rings (SSSR count). The molecule has 1 atom stereocenters. The number of nitrogens with two attached hydrogens (primary N) is 1. The average molecular weight is 529 g/mol. The van der Waals surface area contributed by atoms with Crippen LogP contribution in [0.3, 0.4) is 0 Å². The van der Waals surface area contributed by atoms with E-state index in [1.54, 1.807) is 18.3 Å². The third-order valence-electron chi connectivity index (χ3n) is 6.67. The average Bonchev–Trinajstić information content (AvgIpc) is 3.10. The van der Waals surface area contributed by atoms with Crippen LogP contribution >= 0.6 is 11.6 Å². The Morgan fingerprint density at radius 1 is 1.16 bits per heavy atom. The van der Waals surface area contributed by atoms with E-state index >= 15 is 0 Å². The zero-order chi connectivity index (χ0) is 26.3. The van der Waals surface area contributed by atoms with Crippen LogP contribution in [0.15, 0.2) is 60.8 Å². The summed E-state index contributed by atoms with van der Waals surface area (Å²) in [6, 6.07) is 17.0. The summed E-state index contributed by atoms with van der Waals surface area (Å²) in [7, 11) is 0. The van der Waals surface area contributed by atoms with Crippen LogP contribution in [-0.4, -0.2) is 27.9 Å². The van der Waals surface area contributed by atoms with E-state index in [1.807, 2.05) is 30.3 Å². The van der Waals surface area contributed by atoms with Crippen molar-refractivity contribution in [3.63, 3.8) is 0 Å². The van der Waals surface area contributed by atoms with Gasteiger partial charge in [0.25, 0.3) is 0 Å². The van der Waals surface area contributed by atoms with Crippen molar-refractivity contribution in [3.05, 3.63) is 65.8 Å². The second-order valence-corrected chi connectivity index (χ2v) is 9.48. The molecule has 10 heteroatoms. The molecule has 0 saturated heterocycles. The van der Waals surface area contributed by atoms with Gasteiger partial charge in [0, 0.05) is 28.8 Å². The lowest BCUT2D eigenvalue weighted by Gasteiger charge is -2.30.